The third-order valence-corrected chi connectivity index (χ3v) is 1.27. The summed E-state index contributed by atoms with van der Waals surface area (Å²) < 4.78 is 0. The van der Waals surface area contributed by atoms with Gasteiger partial charge in [0.1, 0.15) is 0 Å². The largest absolute Gasteiger partial charge is 1.00 e. The van der Waals surface area contributed by atoms with Crippen molar-refractivity contribution in [3.05, 3.63) is 29.8 Å². The molecule has 0 aromatic heterocycles. The van der Waals surface area contributed by atoms with Crippen LogP contribution in [-0.2, 0) is 25.9 Å². The normalized spacial score (nSPS) is 8.56. The van der Waals surface area contributed by atoms with Gasteiger partial charge in [0.15, 0.2) is 0 Å². The topological polar surface area (TPSA) is 0 Å². The summed E-state index contributed by atoms with van der Waals surface area (Å²) in [5.41, 5.74) is 1.47. The van der Waals surface area contributed by atoms with Gasteiger partial charge in [-0.1, -0.05) is 19.8 Å². The van der Waals surface area contributed by atoms with Crippen LogP contribution in [0.3, 0.4) is 0 Å². The summed E-state index contributed by atoms with van der Waals surface area (Å²) in [7, 11) is 0. The monoisotopic (exact) mass is 209 g/mol. The molecule has 0 heterocycles. The second-order valence-electron chi connectivity index (χ2n) is 2.04. The molecule has 1 rings (SSSR count). The van der Waals surface area contributed by atoms with Crippen LogP contribution in [0.5, 0.6) is 0 Å². The molecule has 0 fully saturated rings. The molecule has 0 bridgehead atoms. The van der Waals surface area contributed by atoms with Crippen LogP contribution in [0.1, 0.15) is 18.9 Å². The van der Waals surface area contributed by atoms with Gasteiger partial charge in [0, 0.05) is 0 Å². The first kappa shape index (κ1) is 8.97. The molecule has 0 N–H and O–H groups in total. The average Bonchev–Trinajstić information content (AvgIpc) is 2.19. The predicted molar refractivity (Wildman–Crippen MR) is 36.0 cm³/mol. The van der Waals surface area contributed by atoms with Gasteiger partial charge in [0.25, 0.3) is 0 Å². The van der Waals surface area contributed by atoms with Crippen LogP contribution in [0.25, 0.3) is 0 Å². The molecule has 0 aliphatic rings. The summed E-state index contributed by atoms with van der Waals surface area (Å²) in [6.07, 6.45) is 2.48. The van der Waals surface area contributed by atoms with Gasteiger partial charge in [-0.05, 0) is 0 Å². The van der Waals surface area contributed by atoms with E-state index in [1.54, 1.807) is 0 Å². The van der Waals surface area contributed by atoms with E-state index in [4.69, 9.17) is 0 Å². The molecular weight excluding hydrogens is 197 g/mol. The van der Waals surface area contributed by atoms with Crippen molar-refractivity contribution in [3.8, 4) is 0 Å². The molecule has 51 valence electrons. The number of aryl methyl sites for hydroxylation is 1. The van der Waals surface area contributed by atoms with Gasteiger partial charge >= 0.3 is 19.5 Å². The van der Waals surface area contributed by atoms with Crippen LogP contribution in [0.2, 0.25) is 0 Å². The summed E-state index contributed by atoms with van der Waals surface area (Å²) >= 11 is 0. The molecule has 0 unspecified atom stereocenters. The van der Waals surface area contributed by atoms with Gasteiger partial charge in [-0.2, -0.15) is 17.7 Å². The third-order valence-electron chi connectivity index (χ3n) is 1.27. The smallest absolute Gasteiger partial charge is 0.213 e. The molecule has 0 saturated carbocycles. The third kappa shape index (κ3) is 2.86. The first-order chi connectivity index (χ1) is 3.93. The Balaban J connectivity index is 0.000000640. The van der Waals surface area contributed by atoms with Gasteiger partial charge in [-0.15, -0.1) is 0 Å². The Bertz CT molecular complexity index is 130. The van der Waals surface area contributed by atoms with E-state index in [9.17, 15) is 0 Å². The predicted octanol–water partition coefficient (Wildman–Crippen LogP) is 2.36. The number of hydrogen-bond acceptors (Lipinski definition) is 0. The molecule has 0 atom stereocenters. The standard InChI is InChI=1S/C8H11.Ru/c1-2-5-8-6-3-4-7-8;/h3-4,6-7H,2,5H2,1H3;/q-1;+1. The van der Waals surface area contributed by atoms with Crippen molar-refractivity contribution in [2.24, 2.45) is 0 Å². The summed E-state index contributed by atoms with van der Waals surface area (Å²) in [4.78, 5) is 0. The van der Waals surface area contributed by atoms with Crippen molar-refractivity contribution in [2.45, 2.75) is 19.8 Å². The summed E-state index contributed by atoms with van der Waals surface area (Å²) in [5, 5.41) is 0. The SMILES string of the molecule is CCC[c-]1cccc1.[Ru+]. The van der Waals surface area contributed by atoms with Crippen LogP contribution in [0.15, 0.2) is 24.3 Å². The first-order valence-corrected chi connectivity index (χ1v) is 3.14. The van der Waals surface area contributed by atoms with Gasteiger partial charge < -0.3 is 0 Å². The first-order valence-electron chi connectivity index (χ1n) is 3.14. The zero-order chi connectivity index (χ0) is 5.82. The Kier molecular flexibility index (Phi) is 4.80. The fourth-order valence-corrected chi connectivity index (χ4v) is 0.869. The maximum Gasteiger partial charge on any atom is 1.00 e. The van der Waals surface area contributed by atoms with Crippen LogP contribution in [0, 0.1) is 0 Å². The maximum atomic E-state index is 2.20. The zero-order valence-corrected chi connectivity index (χ0v) is 7.32. The number of rotatable bonds is 2. The van der Waals surface area contributed by atoms with E-state index in [0.717, 1.165) is 0 Å². The molecule has 1 aromatic carbocycles. The molecule has 0 nitrogen and oxygen atoms in total. The van der Waals surface area contributed by atoms with E-state index in [2.05, 4.69) is 31.2 Å². The molecule has 1 heteroatoms. The van der Waals surface area contributed by atoms with Crippen molar-refractivity contribution >= 4 is 0 Å². The van der Waals surface area contributed by atoms with E-state index in [0.29, 0.717) is 0 Å². The second kappa shape index (κ2) is 4.82. The van der Waals surface area contributed by atoms with Crippen molar-refractivity contribution in [1.82, 2.24) is 0 Å². The van der Waals surface area contributed by atoms with Crippen LogP contribution in [-0.4, -0.2) is 0 Å². The van der Waals surface area contributed by atoms with Gasteiger partial charge in [-0.25, -0.2) is 12.1 Å². The molecular formula is C8H11Ru. The van der Waals surface area contributed by atoms with E-state index in [-0.39, 0.29) is 19.5 Å². The second-order valence-corrected chi connectivity index (χ2v) is 2.04. The van der Waals surface area contributed by atoms with Gasteiger partial charge in [0.2, 0.25) is 0 Å². The van der Waals surface area contributed by atoms with Crippen molar-refractivity contribution < 1.29 is 19.5 Å². The van der Waals surface area contributed by atoms with Crippen LogP contribution in [0.4, 0.5) is 0 Å². The minimum Gasteiger partial charge on any atom is -0.213 e. The van der Waals surface area contributed by atoms with Crippen molar-refractivity contribution in [1.29, 1.82) is 0 Å². The average molecular weight is 208 g/mol. The van der Waals surface area contributed by atoms with E-state index >= 15 is 0 Å². The molecule has 9 heavy (non-hydrogen) atoms. The minimum atomic E-state index is 0. The quantitative estimate of drug-likeness (QED) is 0.517. The van der Waals surface area contributed by atoms with E-state index in [1.165, 1.54) is 18.4 Å². The van der Waals surface area contributed by atoms with Gasteiger partial charge in [0.05, 0.1) is 0 Å². The van der Waals surface area contributed by atoms with E-state index < -0.39 is 0 Å². The Hall–Kier alpha value is -0.0266. The Morgan fingerprint density at radius 3 is 2.22 bits per heavy atom. The Labute approximate surface area is 69.4 Å². The Morgan fingerprint density at radius 1 is 1.22 bits per heavy atom. The molecule has 0 amide bonds. The zero-order valence-electron chi connectivity index (χ0n) is 5.58. The molecule has 0 saturated heterocycles. The Morgan fingerprint density at radius 2 is 1.78 bits per heavy atom. The molecule has 1 aromatic rings. The molecule has 0 aliphatic carbocycles. The maximum absolute atomic E-state index is 2.20. The van der Waals surface area contributed by atoms with Crippen molar-refractivity contribution in [2.75, 3.05) is 0 Å². The molecule has 0 aliphatic heterocycles. The summed E-state index contributed by atoms with van der Waals surface area (Å²) in [6, 6.07) is 8.52. The van der Waals surface area contributed by atoms with Crippen molar-refractivity contribution in [3.63, 3.8) is 0 Å². The summed E-state index contributed by atoms with van der Waals surface area (Å²) in [5.74, 6) is 0. The summed E-state index contributed by atoms with van der Waals surface area (Å²) in [6.45, 7) is 2.20. The van der Waals surface area contributed by atoms with Crippen LogP contribution >= 0.6 is 0 Å². The fourth-order valence-electron chi connectivity index (χ4n) is 0.869. The molecule has 1 radical (unpaired) electrons. The number of hydrogen-bond donors (Lipinski definition) is 0. The van der Waals surface area contributed by atoms with E-state index in [1.807, 2.05) is 0 Å². The van der Waals surface area contributed by atoms with Crippen LogP contribution < -0.4 is 0 Å². The van der Waals surface area contributed by atoms with Gasteiger partial charge in [-0.3, -0.25) is 0 Å². The fraction of sp³-hybridized carbons (Fsp3) is 0.375. The minimum absolute atomic E-state index is 0. The molecule has 0 spiro atoms.